The second kappa shape index (κ2) is 6.29. The largest absolute Gasteiger partial charge is 0.393 e. The summed E-state index contributed by atoms with van der Waals surface area (Å²) in [5, 5.41) is 22.6. The summed E-state index contributed by atoms with van der Waals surface area (Å²) in [5.74, 6) is -0.366. The number of non-ortho nitro benzene ring substituents is 1. The minimum atomic E-state index is -0.532. The molecule has 0 aliphatic carbocycles. The van der Waals surface area contributed by atoms with Gasteiger partial charge < -0.3 is 10.4 Å². The Hall–Kier alpha value is -1.95. The second-order valence-electron chi connectivity index (χ2n) is 4.72. The van der Waals surface area contributed by atoms with Crippen molar-refractivity contribution in [2.45, 2.75) is 39.3 Å². The van der Waals surface area contributed by atoms with Crippen molar-refractivity contribution in [3.05, 3.63) is 39.4 Å². The number of amides is 1. The van der Waals surface area contributed by atoms with Gasteiger partial charge in [-0.1, -0.05) is 6.07 Å². The first kappa shape index (κ1) is 15.1. The molecule has 0 aromatic heterocycles. The lowest BCUT2D eigenvalue weighted by Crippen LogP contribution is -2.35. The molecule has 6 nitrogen and oxygen atoms in total. The van der Waals surface area contributed by atoms with Gasteiger partial charge in [-0.3, -0.25) is 14.9 Å². The average Bonchev–Trinajstić information content (AvgIpc) is 2.27. The van der Waals surface area contributed by atoms with E-state index in [0.717, 1.165) is 0 Å². The molecule has 0 fully saturated rings. The van der Waals surface area contributed by atoms with E-state index in [9.17, 15) is 20.0 Å². The number of aliphatic hydroxyl groups excluding tert-OH is 1. The van der Waals surface area contributed by atoms with E-state index < -0.39 is 11.0 Å². The Kier molecular flexibility index (Phi) is 5.00. The molecule has 104 valence electrons. The third kappa shape index (κ3) is 4.33. The summed E-state index contributed by atoms with van der Waals surface area (Å²) in [6.45, 7) is 5.14. The van der Waals surface area contributed by atoms with Gasteiger partial charge in [0.15, 0.2) is 0 Å². The molecule has 1 amide bonds. The number of hydrogen-bond acceptors (Lipinski definition) is 4. The van der Waals surface area contributed by atoms with E-state index in [-0.39, 0.29) is 23.2 Å². The van der Waals surface area contributed by atoms with Crippen molar-refractivity contribution in [3.63, 3.8) is 0 Å². The van der Waals surface area contributed by atoms with Crippen molar-refractivity contribution in [2.75, 3.05) is 0 Å². The normalized spacial score (nSPS) is 13.7. The van der Waals surface area contributed by atoms with Crippen molar-refractivity contribution >= 4 is 11.6 Å². The van der Waals surface area contributed by atoms with Gasteiger partial charge in [0.25, 0.3) is 11.6 Å². The molecule has 1 aromatic rings. The highest BCUT2D eigenvalue weighted by Gasteiger charge is 2.16. The summed E-state index contributed by atoms with van der Waals surface area (Å²) >= 11 is 0. The van der Waals surface area contributed by atoms with Gasteiger partial charge in [-0.2, -0.15) is 0 Å². The van der Waals surface area contributed by atoms with Crippen LogP contribution in [0.5, 0.6) is 0 Å². The summed E-state index contributed by atoms with van der Waals surface area (Å²) in [4.78, 5) is 22.2. The molecule has 0 saturated heterocycles. The van der Waals surface area contributed by atoms with Crippen LogP contribution < -0.4 is 5.32 Å². The van der Waals surface area contributed by atoms with Gasteiger partial charge in [0.05, 0.1) is 11.0 Å². The average molecular weight is 266 g/mol. The van der Waals surface area contributed by atoms with Crippen molar-refractivity contribution in [1.29, 1.82) is 0 Å². The maximum atomic E-state index is 12.0. The maximum Gasteiger partial charge on any atom is 0.270 e. The number of aliphatic hydroxyl groups is 1. The molecule has 0 aliphatic heterocycles. The van der Waals surface area contributed by atoms with Crippen LogP contribution in [0.3, 0.4) is 0 Å². The van der Waals surface area contributed by atoms with Crippen molar-refractivity contribution in [3.8, 4) is 0 Å². The van der Waals surface area contributed by atoms with Gasteiger partial charge in [0.2, 0.25) is 0 Å². The fourth-order valence-electron chi connectivity index (χ4n) is 1.84. The smallest absolute Gasteiger partial charge is 0.270 e. The minimum Gasteiger partial charge on any atom is -0.393 e. The molecule has 0 radical (unpaired) electrons. The van der Waals surface area contributed by atoms with E-state index in [1.165, 1.54) is 12.1 Å². The number of nitrogens with one attached hydrogen (secondary N) is 1. The molecule has 6 heteroatoms. The van der Waals surface area contributed by atoms with Gasteiger partial charge in [0, 0.05) is 23.7 Å². The van der Waals surface area contributed by atoms with Crippen LogP contribution >= 0.6 is 0 Å². The van der Waals surface area contributed by atoms with Crippen LogP contribution in [0.4, 0.5) is 5.69 Å². The molecule has 2 N–H and O–H groups in total. The predicted octanol–water partition coefficient (Wildman–Crippen LogP) is 1.79. The molecule has 0 bridgehead atoms. The van der Waals surface area contributed by atoms with Crippen LogP contribution in [0, 0.1) is 17.0 Å². The molecule has 2 atom stereocenters. The third-order valence-electron chi connectivity index (χ3n) is 2.75. The van der Waals surface area contributed by atoms with Crippen LogP contribution in [0.15, 0.2) is 18.2 Å². The first-order chi connectivity index (χ1) is 8.81. The summed E-state index contributed by atoms with van der Waals surface area (Å²) in [7, 11) is 0. The van der Waals surface area contributed by atoms with Gasteiger partial charge in [-0.05, 0) is 32.8 Å². The third-order valence-corrected chi connectivity index (χ3v) is 2.75. The lowest BCUT2D eigenvalue weighted by molar-refractivity contribution is -0.384. The van der Waals surface area contributed by atoms with E-state index in [1.807, 2.05) is 0 Å². The van der Waals surface area contributed by atoms with Crippen LogP contribution in [-0.4, -0.2) is 28.1 Å². The number of carbonyl (C=O) groups excluding carboxylic acids is 1. The lowest BCUT2D eigenvalue weighted by Gasteiger charge is -2.16. The number of benzene rings is 1. The maximum absolute atomic E-state index is 12.0. The Morgan fingerprint density at radius 2 is 2.11 bits per heavy atom. The molecular formula is C13H18N2O4. The van der Waals surface area contributed by atoms with Gasteiger partial charge >= 0.3 is 0 Å². The zero-order valence-electron chi connectivity index (χ0n) is 11.2. The molecule has 0 saturated carbocycles. The Bertz CT molecular complexity index is 486. The fourth-order valence-corrected chi connectivity index (χ4v) is 1.84. The topological polar surface area (TPSA) is 92.5 Å². The molecule has 0 heterocycles. The van der Waals surface area contributed by atoms with Gasteiger partial charge in [0.1, 0.15) is 0 Å². The van der Waals surface area contributed by atoms with E-state index in [4.69, 9.17) is 0 Å². The Morgan fingerprint density at radius 3 is 2.63 bits per heavy atom. The molecule has 2 unspecified atom stereocenters. The molecule has 1 rings (SSSR count). The van der Waals surface area contributed by atoms with Crippen molar-refractivity contribution < 1.29 is 14.8 Å². The summed E-state index contributed by atoms with van der Waals surface area (Å²) in [6, 6.07) is 3.98. The van der Waals surface area contributed by atoms with Crippen molar-refractivity contribution in [2.24, 2.45) is 0 Å². The van der Waals surface area contributed by atoms with E-state index >= 15 is 0 Å². The van der Waals surface area contributed by atoms with Crippen LogP contribution in [0.25, 0.3) is 0 Å². The Labute approximate surface area is 111 Å². The Balaban J connectivity index is 2.87. The number of rotatable bonds is 5. The lowest BCUT2D eigenvalue weighted by atomic mass is 10.1. The zero-order valence-corrected chi connectivity index (χ0v) is 11.2. The monoisotopic (exact) mass is 266 g/mol. The summed E-state index contributed by atoms with van der Waals surface area (Å²) < 4.78 is 0. The SMILES string of the molecule is Cc1ccc([N+](=O)[O-])cc1C(=O)NC(C)CC(C)O. The highest BCUT2D eigenvalue weighted by molar-refractivity contribution is 5.96. The second-order valence-corrected chi connectivity index (χ2v) is 4.72. The fraction of sp³-hybridized carbons (Fsp3) is 0.462. The number of nitrogens with zero attached hydrogens (tertiary/aromatic N) is 1. The number of hydrogen-bond donors (Lipinski definition) is 2. The zero-order chi connectivity index (χ0) is 14.6. The first-order valence-corrected chi connectivity index (χ1v) is 6.05. The molecular weight excluding hydrogens is 248 g/mol. The van der Waals surface area contributed by atoms with Crippen molar-refractivity contribution in [1.82, 2.24) is 5.32 Å². The van der Waals surface area contributed by atoms with Gasteiger partial charge in [-0.15, -0.1) is 0 Å². The van der Waals surface area contributed by atoms with Crippen LogP contribution in [0.2, 0.25) is 0 Å². The molecule has 19 heavy (non-hydrogen) atoms. The number of carbonyl (C=O) groups is 1. The Morgan fingerprint density at radius 1 is 1.47 bits per heavy atom. The van der Waals surface area contributed by atoms with Crippen LogP contribution in [-0.2, 0) is 0 Å². The highest BCUT2D eigenvalue weighted by Crippen LogP contribution is 2.17. The molecule has 1 aromatic carbocycles. The quantitative estimate of drug-likeness (QED) is 0.627. The first-order valence-electron chi connectivity index (χ1n) is 6.05. The number of nitro benzene ring substituents is 1. The molecule has 0 spiro atoms. The predicted molar refractivity (Wildman–Crippen MR) is 71.1 cm³/mol. The number of nitro groups is 1. The van der Waals surface area contributed by atoms with E-state index in [0.29, 0.717) is 12.0 Å². The number of aryl methyl sites for hydroxylation is 1. The minimum absolute atomic E-state index is 0.112. The van der Waals surface area contributed by atoms with E-state index in [1.54, 1.807) is 26.8 Å². The van der Waals surface area contributed by atoms with E-state index in [2.05, 4.69) is 5.32 Å². The molecule has 0 aliphatic rings. The summed E-state index contributed by atoms with van der Waals surface area (Å²) in [6.07, 6.45) is -0.0822. The van der Waals surface area contributed by atoms with Gasteiger partial charge in [-0.25, -0.2) is 0 Å². The summed E-state index contributed by atoms with van der Waals surface area (Å²) in [5.41, 5.74) is 0.845. The highest BCUT2D eigenvalue weighted by atomic mass is 16.6. The standard InChI is InChI=1S/C13H18N2O4/c1-8-4-5-11(15(18)19)7-12(8)13(17)14-9(2)6-10(3)16/h4-5,7,9-10,16H,6H2,1-3H3,(H,14,17). The van der Waals surface area contributed by atoms with Crippen LogP contribution in [0.1, 0.15) is 36.2 Å².